The molecule has 234 valence electrons. The molecular weight excluding hydrogens is 583 g/mol. The highest BCUT2D eigenvalue weighted by molar-refractivity contribution is 5.65. The predicted molar refractivity (Wildman–Crippen MR) is 134 cm³/mol. The Bertz CT molecular complexity index is 1190. The van der Waals surface area contributed by atoms with Crippen molar-refractivity contribution in [1.82, 2.24) is 10.6 Å². The van der Waals surface area contributed by atoms with Crippen LogP contribution in [0.5, 0.6) is 0 Å². The van der Waals surface area contributed by atoms with E-state index in [0.717, 1.165) is 44.2 Å². The largest absolute Gasteiger partial charge is 0.465 e. The number of hydrogen-bond acceptors (Lipinski definition) is 3. The van der Waals surface area contributed by atoms with E-state index in [1.165, 1.54) is 20.1 Å². The van der Waals surface area contributed by atoms with Gasteiger partial charge in [-0.15, -0.1) is 0 Å². The standard InChI is InChI=1S/C28H31F9N2O3/c1-15(23(39-25(40)41)17-10-20(27(32,33)34)13-21(11-17)28(35,36)37)38-14-18-12-19(26(29,30)31)8-9-22(18)24(42-2)16-6-4-3-5-7-16/h8-13,15-16,23-24,38-39H,3-7,14H2,1-2H3,(H,40,41)/t15-,23-,24-/m0/s1. The molecule has 1 amide bonds. The predicted octanol–water partition coefficient (Wildman–Crippen LogP) is 8.50. The molecule has 0 aliphatic heterocycles. The Hall–Kier alpha value is -3.00. The molecule has 0 unspecified atom stereocenters. The molecular formula is C28H31F9N2O3. The molecule has 0 aromatic heterocycles. The van der Waals surface area contributed by atoms with E-state index >= 15 is 0 Å². The van der Waals surface area contributed by atoms with Crippen molar-refractivity contribution in [3.05, 3.63) is 69.8 Å². The molecule has 1 saturated carbocycles. The fourth-order valence-corrected chi connectivity index (χ4v) is 5.40. The van der Waals surface area contributed by atoms with E-state index < -0.39 is 65.1 Å². The molecule has 1 aliphatic carbocycles. The second-order valence-electron chi connectivity index (χ2n) is 10.4. The fraction of sp³-hybridized carbons (Fsp3) is 0.536. The second-order valence-corrected chi connectivity index (χ2v) is 10.4. The van der Waals surface area contributed by atoms with E-state index in [1.807, 2.05) is 5.32 Å². The molecule has 2 aromatic carbocycles. The van der Waals surface area contributed by atoms with Crippen LogP contribution in [0.4, 0.5) is 44.3 Å². The molecule has 14 heteroatoms. The number of halogens is 9. The molecule has 0 radical (unpaired) electrons. The van der Waals surface area contributed by atoms with Crippen LogP contribution in [0.2, 0.25) is 0 Å². The highest BCUT2D eigenvalue weighted by atomic mass is 19.4. The SMILES string of the molecule is CO[C@H](c1ccc(C(F)(F)F)cc1CN[C@@H](C)[C@H](NC(=O)O)c1cc(C(F)(F)F)cc(C(F)(F)F)c1)C1CCCCC1. The van der Waals surface area contributed by atoms with Crippen molar-refractivity contribution >= 4 is 6.09 Å². The first-order valence-electron chi connectivity index (χ1n) is 13.2. The summed E-state index contributed by atoms with van der Waals surface area (Å²) in [6.07, 6.45) is -12.8. The number of hydrogen-bond donors (Lipinski definition) is 3. The van der Waals surface area contributed by atoms with E-state index in [4.69, 9.17) is 4.74 Å². The second kappa shape index (κ2) is 13.1. The third-order valence-electron chi connectivity index (χ3n) is 7.47. The lowest BCUT2D eigenvalue weighted by Crippen LogP contribution is -2.42. The molecule has 3 N–H and O–H groups in total. The van der Waals surface area contributed by atoms with Gasteiger partial charge in [-0.1, -0.05) is 25.3 Å². The van der Waals surface area contributed by atoms with E-state index in [1.54, 1.807) is 0 Å². The first kappa shape index (κ1) is 33.5. The summed E-state index contributed by atoms with van der Waals surface area (Å²) in [4.78, 5) is 11.5. The Labute approximate surface area is 236 Å². The lowest BCUT2D eigenvalue weighted by molar-refractivity contribution is -0.143. The quantitative estimate of drug-likeness (QED) is 0.248. The van der Waals surface area contributed by atoms with Crippen LogP contribution in [0.15, 0.2) is 36.4 Å². The van der Waals surface area contributed by atoms with Gasteiger partial charge in [0.15, 0.2) is 0 Å². The van der Waals surface area contributed by atoms with Gasteiger partial charge < -0.3 is 20.5 Å². The molecule has 1 fully saturated rings. The summed E-state index contributed by atoms with van der Waals surface area (Å²) in [6.45, 7) is 0.992. The molecule has 5 nitrogen and oxygen atoms in total. The monoisotopic (exact) mass is 614 g/mol. The number of amides is 1. The third kappa shape index (κ3) is 8.52. The summed E-state index contributed by atoms with van der Waals surface area (Å²) in [6, 6.07) is 1.10. The van der Waals surface area contributed by atoms with Crippen molar-refractivity contribution < 1.29 is 54.2 Å². The summed E-state index contributed by atoms with van der Waals surface area (Å²) in [5.74, 6) is 0.0315. The number of ether oxygens (including phenoxy) is 1. The van der Waals surface area contributed by atoms with Gasteiger partial charge in [0.25, 0.3) is 0 Å². The van der Waals surface area contributed by atoms with Gasteiger partial charge in [-0.25, -0.2) is 4.79 Å². The lowest BCUT2D eigenvalue weighted by Gasteiger charge is -2.32. The topological polar surface area (TPSA) is 70.6 Å². The maximum atomic E-state index is 13.6. The van der Waals surface area contributed by atoms with Crippen molar-refractivity contribution in [1.29, 1.82) is 0 Å². The zero-order valence-electron chi connectivity index (χ0n) is 22.7. The van der Waals surface area contributed by atoms with Gasteiger partial charge in [0.1, 0.15) is 0 Å². The van der Waals surface area contributed by atoms with Crippen LogP contribution in [0.1, 0.15) is 84.6 Å². The van der Waals surface area contributed by atoms with Crippen LogP contribution in [-0.2, 0) is 29.8 Å². The maximum Gasteiger partial charge on any atom is 0.416 e. The molecule has 42 heavy (non-hydrogen) atoms. The average molecular weight is 615 g/mol. The van der Waals surface area contributed by atoms with Gasteiger partial charge in [0.05, 0.1) is 28.8 Å². The minimum absolute atomic E-state index is 0.0315. The Morgan fingerprint density at radius 1 is 0.881 bits per heavy atom. The van der Waals surface area contributed by atoms with Crippen molar-refractivity contribution in [2.24, 2.45) is 5.92 Å². The van der Waals surface area contributed by atoms with Crippen molar-refractivity contribution in [3.8, 4) is 0 Å². The zero-order valence-corrected chi connectivity index (χ0v) is 22.7. The van der Waals surface area contributed by atoms with Gasteiger partial charge in [0, 0.05) is 19.7 Å². The Morgan fingerprint density at radius 3 is 1.90 bits per heavy atom. The Balaban J connectivity index is 2.00. The van der Waals surface area contributed by atoms with Crippen LogP contribution in [0, 0.1) is 5.92 Å². The normalized spacial score (nSPS) is 17.5. The van der Waals surface area contributed by atoms with Crippen molar-refractivity contribution in [3.63, 3.8) is 0 Å². The van der Waals surface area contributed by atoms with Crippen LogP contribution in [0.3, 0.4) is 0 Å². The summed E-state index contributed by atoms with van der Waals surface area (Å²) in [7, 11) is 1.44. The maximum absolute atomic E-state index is 13.6. The molecule has 3 rings (SSSR count). The zero-order chi connectivity index (χ0) is 31.5. The van der Waals surface area contributed by atoms with Gasteiger partial charge in [-0.05, 0) is 72.7 Å². The molecule has 0 saturated heterocycles. The highest BCUT2D eigenvalue weighted by Gasteiger charge is 2.39. The molecule has 1 aliphatic rings. The smallest absolute Gasteiger partial charge is 0.416 e. The number of alkyl halides is 9. The van der Waals surface area contributed by atoms with Crippen LogP contribution < -0.4 is 10.6 Å². The fourth-order valence-electron chi connectivity index (χ4n) is 5.40. The minimum Gasteiger partial charge on any atom is -0.465 e. The molecule has 0 bridgehead atoms. The van der Waals surface area contributed by atoms with Gasteiger partial charge >= 0.3 is 24.6 Å². The van der Waals surface area contributed by atoms with E-state index in [9.17, 15) is 49.4 Å². The van der Waals surface area contributed by atoms with Crippen molar-refractivity contribution in [2.75, 3.05) is 7.11 Å². The number of rotatable bonds is 9. The van der Waals surface area contributed by atoms with Gasteiger partial charge in [0.2, 0.25) is 0 Å². The number of benzene rings is 2. The van der Waals surface area contributed by atoms with Gasteiger partial charge in [-0.2, -0.15) is 39.5 Å². The molecule has 2 aromatic rings. The lowest BCUT2D eigenvalue weighted by atomic mass is 9.81. The average Bonchev–Trinajstić information content (AvgIpc) is 2.90. The number of carboxylic acid groups (broad SMARTS) is 1. The molecule has 0 heterocycles. The molecule has 0 spiro atoms. The highest BCUT2D eigenvalue weighted by Crippen LogP contribution is 2.41. The summed E-state index contributed by atoms with van der Waals surface area (Å²) < 4.78 is 127. The number of carbonyl (C=O) groups is 1. The van der Waals surface area contributed by atoms with E-state index in [2.05, 4.69) is 5.32 Å². The van der Waals surface area contributed by atoms with Crippen LogP contribution >= 0.6 is 0 Å². The van der Waals surface area contributed by atoms with Gasteiger partial charge in [-0.3, -0.25) is 0 Å². The summed E-state index contributed by atoms with van der Waals surface area (Å²) >= 11 is 0. The van der Waals surface area contributed by atoms with Crippen molar-refractivity contribution in [2.45, 2.75) is 82.3 Å². The Morgan fingerprint density at radius 2 is 1.43 bits per heavy atom. The molecule has 3 atom stereocenters. The minimum atomic E-state index is -5.17. The van der Waals surface area contributed by atoms with E-state index in [0.29, 0.717) is 17.7 Å². The van der Waals surface area contributed by atoms with Crippen LogP contribution in [-0.4, -0.2) is 24.4 Å². The Kier molecular flexibility index (Phi) is 10.5. The first-order valence-corrected chi connectivity index (χ1v) is 13.2. The number of methoxy groups -OCH3 is 1. The number of nitrogens with one attached hydrogen (secondary N) is 2. The third-order valence-corrected chi connectivity index (χ3v) is 7.47. The van der Waals surface area contributed by atoms with Crippen LogP contribution in [0.25, 0.3) is 0 Å². The summed E-state index contributed by atoms with van der Waals surface area (Å²) in [5.41, 5.74) is -4.23. The first-order chi connectivity index (χ1) is 19.4. The summed E-state index contributed by atoms with van der Waals surface area (Å²) in [5, 5.41) is 14.1. The van der Waals surface area contributed by atoms with E-state index in [-0.39, 0.29) is 24.1 Å².